The Morgan fingerprint density at radius 2 is 2.33 bits per heavy atom. The molecule has 2 aliphatic rings. The van der Waals surface area contributed by atoms with Crippen molar-refractivity contribution in [3.8, 4) is 0 Å². The molecule has 5 heteroatoms. The average Bonchev–Trinajstić information content (AvgIpc) is 3.25. The molecule has 1 amide bonds. The molecule has 2 fully saturated rings. The van der Waals surface area contributed by atoms with E-state index in [1.54, 1.807) is 0 Å². The van der Waals surface area contributed by atoms with Gasteiger partial charge in [-0.1, -0.05) is 0 Å². The van der Waals surface area contributed by atoms with Crippen molar-refractivity contribution in [2.24, 2.45) is 17.1 Å². The fraction of sp³-hybridized carbons (Fsp3) is 0.692. The summed E-state index contributed by atoms with van der Waals surface area (Å²) in [6.07, 6.45) is 6.03. The van der Waals surface area contributed by atoms with E-state index in [1.807, 2.05) is 5.38 Å². The fourth-order valence-electron chi connectivity index (χ4n) is 2.59. The van der Waals surface area contributed by atoms with Gasteiger partial charge in [-0.3, -0.25) is 4.79 Å². The molecule has 0 aliphatic heterocycles. The summed E-state index contributed by atoms with van der Waals surface area (Å²) in [5.41, 5.74) is 6.48. The van der Waals surface area contributed by atoms with E-state index in [1.165, 1.54) is 37.0 Å². The molecule has 0 radical (unpaired) electrons. The van der Waals surface area contributed by atoms with Gasteiger partial charge >= 0.3 is 0 Å². The zero-order valence-electron chi connectivity index (χ0n) is 10.4. The molecule has 0 spiro atoms. The third-order valence-electron chi connectivity index (χ3n) is 4.08. The van der Waals surface area contributed by atoms with E-state index in [0.717, 1.165) is 23.9 Å². The number of hydrogen-bond donors (Lipinski definition) is 2. The molecule has 0 unspecified atom stereocenters. The molecule has 2 aliphatic carbocycles. The van der Waals surface area contributed by atoms with Crippen molar-refractivity contribution in [2.45, 2.75) is 32.1 Å². The Labute approximate surface area is 111 Å². The lowest BCUT2D eigenvalue weighted by Gasteiger charge is -2.14. The van der Waals surface area contributed by atoms with Crippen molar-refractivity contribution in [3.63, 3.8) is 0 Å². The SMILES string of the molecule is NCCc1nc(C(=O)NCC2(C3CC3)CC2)cs1. The molecule has 0 saturated heterocycles. The lowest BCUT2D eigenvalue weighted by Crippen LogP contribution is -2.31. The van der Waals surface area contributed by atoms with Gasteiger partial charge < -0.3 is 11.1 Å². The van der Waals surface area contributed by atoms with Gasteiger partial charge in [0, 0.05) is 18.3 Å². The normalized spacial score (nSPS) is 20.7. The predicted octanol–water partition coefficient (Wildman–Crippen LogP) is 1.56. The monoisotopic (exact) mass is 265 g/mol. The maximum absolute atomic E-state index is 12.0. The van der Waals surface area contributed by atoms with Crippen molar-refractivity contribution in [3.05, 3.63) is 16.1 Å². The van der Waals surface area contributed by atoms with Gasteiger partial charge in [0.15, 0.2) is 0 Å². The number of thiazole rings is 1. The molecule has 0 aromatic carbocycles. The molecule has 0 bridgehead atoms. The van der Waals surface area contributed by atoms with Crippen LogP contribution in [0.3, 0.4) is 0 Å². The summed E-state index contributed by atoms with van der Waals surface area (Å²) in [6.45, 7) is 1.42. The second kappa shape index (κ2) is 4.63. The van der Waals surface area contributed by atoms with E-state index in [9.17, 15) is 4.79 Å². The number of nitrogens with two attached hydrogens (primary N) is 1. The van der Waals surface area contributed by atoms with Crippen LogP contribution in [-0.2, 0) is 6.42 Å². The molecule has 98 valence electrons. The van der Waals surface area contributed by atoms with Crippen molar-refractivity contribution in [1.29, 1.82) is 0 Å². The minimum Gasteiger partial charge on any atom is -0.350 e. The summed E-state index contributed by atoms with van der Waals surface area (Å²) in [6, 6.07) is 0. The summed E-state index contributed by atoms with van der Waals surface area (Å²) < 4.78 is 0. The van der Waals surface area contributed by atoms with E-state index >= 15 is 0 Å². The topological polar surface area (TPSA) is 68.0 Å². The van der Waals surface area contributed by atoms with Gasteiger partial charge in [0.25, 0.3) is 5.91 Å². The summed E-state index contributed by atoms with van der Waals surface area (Å²) in [5, 5.41) is 5.83. The zero-order valence-corrected chi connectivity index (χ0v) is 11.3. The van der Waals surface area contributed by atoms with Gasteiger partial charge in [-0.25, -0.2) is 4.98 Å². The van der Waals surface area contributed by atoms with Gasteiger partial charge in [-0.15, -0.1) is 11.3 Å². The smallest absolute Gasteiger partial charge is 0.270 e. The Hall–Kier alpha value is -0.940. The molecule has 1 aromatic heterocycles. The van der Waals surface area contributed by atoms with Crippen LogP contribution in [0.1, 0.15) is 41.2 Å². The van der Waals surface area contributed by atoms with Crippen LogP contribution in [-0.4, -0.2) is 24.0 Å². The summed E-state index contributed by atoms with van der Waals surface area (Å²) in [4.78, 5) is 16.3. The number of hydrogen-bond acceptors (Lipinski definition) is 4. The Morgan fingerprint density at radius 1 is 1.56 bits per heavy atom. The highest BCUT2D eigenvalue weighted by Gasteiger charge is 2.53. The lowest BCUT2D eigenvalue weighted by atomic mass is 10.0. The summed E-state index contributed by atoms with van der Waals surface area (Å²) in [5.74, 6) is 0.850. The third-order valence-corrected chi connectivity index (χ3v) is 4.99. The standard InChI is InChI=1S/C13H19N3OS/c14-6-3-11-16-10(7-18-11)12(17)15-8-13(4-5-13)9-1-2-9/h7,9H,1-6,8,14H2,(H,15,17). The number of nitrogens with zero attached hydrogens (tertiary/aromatic N) is 1. The maximum Gasteiger partial charge on any atom is 0.270 e. The first-order valence-corrected chi connectivity index (χ1v) is 7.54. The number of aromatic nitrogens is 1. The van der Waals surface area contributed by atoms with Crippen LogP contribution in [0, 0.1) is 11.3 Å². The Morgan fingerprint density at radius 3 is 2.94 bits per heavy atom. The number of carbonyl (C=O) groups is 1. The van der Waals surface area contributed by atoms with E-state index < -0.39 is 0 Å². The van der Waals surface area contributed by atoms with Crippen LogP contribution in [0.15, 0.2) is 5.38 Å². The van der Waals surface area contributed by atoms with E-state index in [-0.39, 0.29) is 5.91 Å². The molecular formula is C13H19N3OS. The second-order valence-electron chi connectivity index (χ2n) is 5.48. The third kappa shape index (κ3) is 2.42. The number of nitrogens with one attached hydrogen (secondary N) is 1. The fourth-order valence-corrected chi connectivity index (χ4v) is 3.38. The highest BCUT2D eigenvalue weighted by molar-refractivity contribution is 7.09. The molecule has 0 atom stereocenters. The first-order valence-electron chi connectivity index (χ1n) is 6.66. The average molecular weight is 265 g/mol. The predicted molar refractivity (Wildman–Crippen MR) is 71.6 cm³/mol. The quantitative estimate of drug-likeness (QED) is 0.820. The number of amides is 1. The molecule has 3 N–H and O–H groups in total. The number of carbonyl (C=O) groups excluding carboxylic acids is 1. The van der Waals surface area contributed by atoms with E-state index in [4.69, 9.17) is 5.73 Å². The lowest BCUT2D eigenvalue weighted by molar-refractivity contribution is 0.0938. The van der Waals surface area contributed by atoms with Gasteiger partial charge in [0.2, 0.25) is 0 Å². The molecule has 1 aromatic rings. The number of rotatable bonds is 6. The van der Waals surface area contributed by atoms with Gasteiger partial charge in [0.05, 0.1) is 5.01 Å². The van der Waals surface area contributed by atoms with Crippen LogP contribution >= 0.6 is 11.3 Å². The first kappa shape index (κ1) is 12.1. The van der Waals surface area contributed by atoms with Crippen LogP contribution < -0.4 is 11.1 Å². The van der Waals surface area contributed by atoms with Gasteiger partial charge in [-0.05, 0) is 43.6 Å². The highest BCUT2D eigenvalue weighted by Crippen LogP contribution is 2.60. The minimum absolute atomic E-state index is 0.0264. The molecular weight excluding hydrogens is 246 g/mol. The molecule has 4 nitrogen and oxygen atoms in total. The van der Waals surface area contributed by atoms with Crippen LogP contribution in [0.25, 0.3) is 0 Å². The largest absolute Gasteiger partial charge is 0.350 e. The molecule has 18 heavy (non-hydrogen) atoms. The summed E-state index contributed by atoms with van der Waals surface area (Å²) >= 11 is 1.52. The zero-order chi connectivity index (χ0) is 12.6. The highest BCUT2D eigenvalue weighted by atomic mass is 32.1. The first-order chi connectivity index (χ1) is 8.73. The van der Waals surface area contributed by atoms with Crippen LogP contribution in [0.5, 0.6) is 0 Å². The van der Waals surface area contributed by atoms with Crippen molar-refractivity contribution in [2.75, 3.05) is 13.1 Å². The van der Waals surface area contributed by atoms with Crippen molar-refractivity contribution < 1.29 is 4.79 Å². The molecule has 2 saturated carbocycles. The van der Waals surface area contributed by atoms with Gasteiger partial charge in [0.1, 0.15) is 5.69 Å². The van der Waals surface area contributed by atoms with Crippen LogP contribution in [0.4, 0.5) is 0 Å². The van der Waals surface area contributed by atoms with Crippen LogP contribution in [0.2, 0.25) is 0 Å². The van der Waals surface area contributed by atoms with Crippen molar-refractivity contribution in [1.82, 2.24) is 10.3 Å². The van der Waals surface area contributed by atoms with Crippen molar-refractivity contribution >= 4 is 17.2 Å². The Kier molecular flexibility index (Phi) is 3.11. The Balaban J connectivity index is 1.54. The summed E-state index contributed by atoms with van der Waals surface area (Å²) in [7, 11) is 0. The molecule has 1 heterocycles. The minimum atomic E-state index is -0.0264. The van der Waals surface area contributed by atoms with E-state index in [2.05, 4.69) is 10.3 Å². The van der Waals surface area contributed by atoms with E-state index in [0.29, 0.717) is 17.7 Å². The second-order valence-corrected chi connectivity index (χ2v) is 6.43. The molecule has 3 rings (SSSR count). The Bertz CT molecular complexity index is 449. The van der Waals surface area contributed by atoms with Gasteiger partial charge in [-0.2, -0.15) is 0 Å². The maximum atomic E-state index is 12.0.